The maximum atomic E-state index is 12.6. The number of likely N-dealkylation sites (N-methyl/N-ethyl adjacent to an activating group) is 1. The Morgan fingerprint density at radius 3 is 2.67 bits per heavy atom. The van der Waals surface area contributed by atoms with Gasteiger partial charge in [0.05, 0.1) is 6.54 Å². The first-order valence-corrected chi connectivity index (χ1v) is 10.1. The molecule has 1 aromatic carbocycles. The van der Waals surface area contributed by atoms with Crippen molar-refractivity contribution in [2.24, 2.45) is 5.92 Å². The lowest BCUT2D eigenvalue weighted by Gasteiger charge is -2.43. The lowest BCUT2D eigenvalue weighted by Crippen LogP contribution is -2.57. The summed E-state index contributed by atoms with van der Waals surface area (Å²) in [6.07, 6.45) is 4.93. The minimum Gasteiger partial charge on any atom is -0.480 e. The number of piperidine rings is 1. The molecule has 27 heavy (non-hydrogen) atoms. The van der Waals surface area contributed by atoms with Gasteiger partial charge < -0.3 is 15.3 Å². The Hall–Kier alpha value is -2.08. The third kappa shape index (κ3) is 5.45. The van der Waals surface area contributed by atoms with E-state index in [4.69, 9.17) is 5.11 Å². The summed E-state index contributed by atoms with van der Waals surface area (Å²) in [7, 11) is 0. The third-order valence-electron chi connectivity index (χ3n) is 5.88. The maximum Gasteiger partial charge on any atom is 0.317 e. The molecule has 0 aromatic heterocycles. The van der Waals surface area contributed by atoms with Gasteiger partial charge in [0.25, 0.3) is 0 Å². The number of nitrogens with one attached hydrogen (secondary N) is 1. The number of rotatable bonds is 7. The fourth-order valence-electron chi connectivity index (χ4n) is 4.31. The van der Waals surface area contributed by atoms with Crippen molar-refractivity contribution in [3.8, 4) is 0 Å². The first-order valence-electron chi connectivity index (χ1n) is 10.1. The fourth-order valence-corrected chi connectivity index (χ4v) is 4.31. The zero-order valence-electron chi connectivity index (χ0n) is 16.1. The van der Waals surface area contributed by atoms with Gasteiger partial charge in [-0.2, -0.15) is 0 Å². The molecule has 2 aliphatic rings. The monoisotopic (exact) mass is 373 g/mol. The van der Waals surface area contributed by atoms with Crippen LogP contribution in [0, 0.1) is 5.92 Å². The second-order valence-corrected chi connectivity index (χ2v) is 7.87. The first-order chi connectivity index (χ1) is 13.0. The average Bonchev–Trinajstić information content (AvgIpc) is 2.63. The summed E-state index contributed by atoms with van der Waals surface area (Å²) in [6.45, 7) is 4.43. The summed E-state index contributed by atoms with van der Waals surface area (Å²) in [4.78, 5) is 27.5. The second-order valence-electron chi connectivity index (χ2n) is 7.87. The van der Waals surface area contributed by atoms with Gasteiger partial charge in [-0.1, -0.05) is 37.3 Å². The van der Waals surface area contributed by atoms with Crippen molar-refractivity contribution in [1.29, 1.82) is 0 Å². The predicted molar refractivity (Wildman–Crippen MR) is 105 cm³/mol. The molecular weight excluding hydrogens is 342 g/mol. The van der Waals surface area contributed by atoms with E-state index < -0.39 is 5.97 Å². The molecule has 0 radical (unpaired) electrons. The van der Waals surface area contributed by atoms with Gasteiger partial charge in [-0.05, 0) is 50.1 Å². The van der Waals surface area contributed by atoms with E-state index in [0.29, 0.717) is 5.92 Å². The molecule has 3 rings (SSSR count). The Kier molecular flexibility index (Phi) is 6.72. The smallest absolute Gasteiger partial charge is 0.317 e. The number of benzene rings is 1. The molecule has 1 atom stereocenters. The third-order valence-corrected chi connectivity index (χ3v) is 5.88. The first kappa shape index (κ1) is 19.7. The van der Waals surface area contributed by atoms with Crippen molar-refractivity contribution < 1.29 is 14.7 Å². The van der Waals surface area contributed by atoms with E-state index in [1.165, 1.54) is 12.0 Å². The van der Waals surface area contributed by atoms with Crippen LogP contribution in [0.3, 0.4) is 0 Å². The molecule has 1 heterocycles. The highest BCUT2D eigenvalue weighted by atomic mass is 16.4. The van der Waals surface area contributed by atoms with Crippen molar-refractivity contribution in [3.05, 3.63) is 35.9 Å². The maximum absolute atomic E-state index is 12.6. The SMILES string of the molecule is CCN(CC(=O)O)C1CC(NC(=O)N2CCCC(Cc3ccccc3)C2)C1. The van der Waals surface area contributed by atoms with Crippen LogP contribution in [0.15, 0.2) is 30.3 Å². The lowest BCUT2D eigenvalue weighted by atomic mass is 9.85. The van der Waals surface area contributed by atoms with Gasteiger partial charge in [-0.25, -0.2) is 4.79 Å². The number of carboxylic acids is 1. The van der Waals surface area contributed by atoms with Crippen molar-refractivity contribution in [1.82, 2.24) is 15.1 Å². The summed E-state index contributed by atoms with van der Waals surface area (Å²) in [5.74, 6) is -0.269. The van der Waals surface area contributed by atoms with E-state index >= 15 is 0 Å². The summed E-state index contributed by atoms with van der Waals surface area (Å²) in [5.41, 5.74) is 1.34. The summed E-state index contributed by atoms with van der Waals surface area (Å²) >= 11 is 0. The number of nitrogens with zero attached hydrogens (tertiary/aromatic N) is 2. The normalized spacial score (nSPS) is 25.1. The molecule has 6 heteroatoms. The van der Waals surface area contributed by atoms with Gasteiger partial charge in [0.15, 0.2) is 0 Å². The van der Waals surface area contributed by atoms with Crippen LogP contribution in [0.1, 0.15) is 38.2 Å². The van der Waals surface area contributed by atoms with Gasteiger partial charge in [0.1, 0.15) is 0 Å². The number of amides is 2. The minimum absolute atomic E-state index is 0.0393. The standard InChI is InChI=1S/C21H31N3O3/c1-2-23(15-20(25)26)19-12-18(13-19)22-21(27)24-10-6-9-17(14-24)11-16-7-4-3-5-8-16/h3-5,7-8,17-19H,2,6,9-15H2,1H3,(H,22,27)(H,25,26). The number of carboxylic acid groups (broad SMARTS) is 1. The van der Waals surface area contributed by atoms with Gasteiger partial charge in [-0.3, -0.25) is 9.69 Å². The molecule has 6 nitrogen and oxygen atoms in total. The number of hydrogen-bond donors (Lipinski definition) is 2. The van der Waals surface area contributed by atoms with Crippen LogP contribution >= 0.6 is 0 Å². The molecule has 148 valence electrons. The van der Waals surface area contributed by atoms with E-state index in [1.807, 2.05) is 22.8 Å². The van der Waals surface area contributed by atoms with Crippen LogP contribution in [0.2, 0.25) is 0 Å². The molecule has 1 aliphatic heterocycles. The van der Waals surface area contributed by atoms with Crippen molar-refractivity contribution in [3.63, 3.8) is 0 Å². The zero-order valence-corrected chi connectivity index (χ0v) is 16.1. The number of carbonyl (C=O) groups excluding carboxylic acids is 1. The molecule has 2 amide bonds. The van der Waals surface area contributed by atoms with Crippen LogP contribution in [-0.4, -0.2) is 65.2 Å². The van der Waals surface area contributed by atoms with Crippen molar-refractivity contribution in [2.45, 2.75) is 51.1 Å². The molecular formula is C21H31N3O3. The minimum atomic E-state index is -0.790. The van der Waals surface area contributed by atoms with Crippen LogP contribution in [0.4, 0.5) is 4.79 Å². The van der Waals surface area contributed by atoms with Crippen LogP contribution in [0.5, 0.6) is 0 Å². The van der Waals surface area contributed by atoms with Crippen molar-refractivity contribution in [2.75, 3.05) is 26.2 Å². The summed E-state index contributed by atoms with van der Waals surface area (Å²) in [6, 6.07) is 11.0. The molecule has 1 saturated carbocycles. The molecule has 2 N–H and O–H groups in total. The molecule has 1 unspecified atom stereocenters. The van der Waals surface area contributed by atoms with Gasteiger partial charge >= 0.3 is 12.0 Å². The van der Waals surface area contributed by atoms with E-state index in [2.05, 4.69) is 29.6 Å². The van der Waals surface area contributed by atoms with E-state index in [1.54, 1.807) is 0 Å². The highest BCUT2D eigenvalue weighted by Crippen LogP contribution is 2.26. The molecule has 2 fully saturated rings. The Morgan fingerprint density at radius 1 is 1.26 bits per heavy atom. The molecule has 1 aliphatic carbocycles. The lowest BCUT2D eigenvalue weighted by molar-refractivity contribution is -0.139. The number of urea groups is 1. The Morgan fingerprint density at radius 2 is 2.00 bits per heavy atom. The molecule has 0 bridgehead atoms. The van der Waals surface area contributed by atoms with Crippen molar-refractivity contribution >= 4 is 12.0 Å². The average molecular weight is 373 g/mol. The number of aliphatic carboxylic acids is 1. The number of likely N-dealkylation sites (tertiary alicyclic amines) is 1. The number of carbonyl (C=O) groups is 2. The predicted octanol–water partition coefficient (Wildman–Crippen LogP) is 2.59. The van der Waals surface area contributed by atoms with Crippen LogP contribution in [0.25, 0.3) is 0 Å². The molecule has 1 saturated heterocycles. The largest absolute Gasteiger partial charge is 0.480 e. The van der Waals surface area contributed by atoms with E-state index in [-0.39, 0.29) is 24.7 Å². The Bertz CT molecular complexity index is 631. The van der Waals surface area contributed by atoms with E-state index in [9.17, 15) is 9.59 Å². The summed E-state index contributed by atoms with van der Waals surface area (Å²) < 4.78 is 0. The number of hydrogen-bond acceptors (Lipinski definition) is 3. The Balaban J connectivity index is 1.43. The van der Waals surface area contributed by atoms with Gasteiger partial charge in [0, 0.05) is 25.2 Å². The van der Waals surface area contributed by atoms with Crippen LogP contribution in [-0.2, 0) is 11.2 Å². The van der Waals surface area contributed by atoms with Gasteiger partial charge in [-0.15, -0.1) is 0 Å². The topological polar surface area (TPSA) is 72.9 Å². The molecule has 0 spiro atoms. The second kappa shape index (κ2) is 9.22. The van der Waals surface area contributed by atoms with E-state index in [0.717, 1.165) is 45.3 Å². The zero-order chi connectivity index (χ0) is 19.2. The fraction of sp³-hybridized carbons (Fsp3) is 0.619. The van der Waals surface area contributed by atoms with Gasteiger partial charge in [0.2, 0.25) is 0 Å². The Labute approximate surface area is 161 Å². The van der Waals surface area contributed by atoms with Crippen LogP contribution < -0.4 is 5.32 Å². The molecule has 1 aromatic rings. The summed E-state index contributed by atoms with van der Waals surface area (Å²) in [5, 5.41) is 12.1. The highest BCUT2D eigenvalue weighted by molar-refractivity contribution is 5.74. The highest BCUT2D eigenvalue weighted by Gasteiger charge is 2.36. The quantitative estimate of drug-likeness (QED) is 0.771.